The standard InChI is InChI=1S/C27H27N3O2/c31-26(28-15-14-17-8-2-1-3-9-17)23-16-21-18-10-6-7-13-22(18)29-24(21)25-19-11-4-5-12-20(19)27(32)30(23)25/h4-8,10-13,23,25,29H,1-3,9,14-16H2,(H,28,31)/t23-,25-/m0/s1. The number of hydrogen-bond donors (Lipinski definition) is 2. The Morgan fingerprint density at radius 3 is 2.81 bits per heavy atom. The molecule has 5 nitrogen and oxygen atoms in total. The largest absolute Gasteiger partial charge is 0.356 e. The number of aromatic amines is 1. The van der Waals surface area contributed by atoms with Crippen LogP contribution in [0.15, 0.2) is 60.2 Å². The van der Waals surface area contributed by atoms with E-state index in [4.69, 9.17) is 0 Å². The van der Waals surface area contributed by atoms with Gasteiger partial charge in [0.05, 0.1) is 6.04 Å². The van der Waals surface area contributed by atoms with Crippen molar-refractivity contribution in [3.05, 3.63) is 82.6 Å². The number of fused-ring (bicyclic) bond motifs is 7. The molecule has 3 aliphatic rings. The molecule has 0 spiro atoms. The van der Waals surface area contributed by atoms with E-state index in [0.717, 1.165) is 47.0 Å². The molecule has 0 bridgehead atoms. The lowest BCUT2D eigenvalue weighted by atomic mass is 9.90. The van der Waals surface area contributed by atoms with Crippen LogP contribution >= 0.6 is 0 Å². The van der Waals surface area contributed by atoms with Gasteiger partial charge in [0, 0.05) is 35.1 Å². The van der Waals surface area contributed by atoms with E-state index in [1.807, 2.05) is 36.4 Å². The average Bonchev–Trinajstić information content (AvgIpc) is 3.35. The third kappa shape index (κ3) is 2.99. The molecule has 2 atom stereocenters. The van der Waals surface area contributed by atoms with E-state index in [1.165, 1.54) is 18.4 Å². The summed E-state index contributed by atoms with van der Waals surface area (Å²) < 4.78 is 0. The number of nitrogens with zero attached hydrogens (tertiary/aromatic N) is 1. The normalized spacial score (nSPS) is 21.7. The zero-order chi connectivity index (χ0) is 21.7. The van der Waals surface area contributed by atoms with Crippen LogP contribution in [0.25, 0.3) is 10.9 Å². The topological polar surface area (TPSA) is 65.2 Å². The number of aromatic nitrogens is 1. The first-order valence-electron chi connectivity index (χ1n) is 11.7. The maximum Gasteiger partial charge on any atom is 0.255 e. The Morgan fingerprint density at radius 2 is 1.94 bits per heavy atom. The van der Waals surface area contributed by atoms with Gasteiger partial charge in [-0.05, 0) is 55.4 Å². The molecule has 3 heterocycles. The summed E-state index contributed by atoms with van der Waals surface area (Å²) in [5.41, 5.74) is 6.38. The number of carbonyl (C=O) groups excluding carboxylic acids is 2. The Morgan fingerprint density at radius 1 is 1.09 bits per heavy atom. The summed E-state index contributed by atoms with van der Waals surface area (Å²) in [6, 6.07) is 15.2. The molecular weight excluding hydrogens is 398 g/mol. The van der Waals surface area contributed by atoms with Gasteiger partial charge in [0.2, 0.25) is 5.91 Å². The van der Waals surface area contributed by atoms with Crippen LogP contribution in [0.2, 0.25) is 0 Å². The molecule has 2 aromatic carbocycles. The van der Waals surface area contributed by atoms with Gasteiger partial charge < -0.3 is 15.2 Å². The van der Waals surface area contributed by atoms with Crippen molar-refractivity contribution in [1.29, 1.82) is 0 Å². The van der Waals surface area contributed by atoms with Crippen molar-refractivity contribution in [1.82, 2.24) is 15.2 Å². The van der Waals surface area contributed by atoms with Crippen molar-refractivity contribution in [2.45, 2.75) is 50.6 Å². The minimum atomic E-state index is -0.507. The molecule has 32 heavy (non-hydrogen) atoms. The van der Waals surface area contributed by atoms with Crippen LogP contribution < -0.4 is 5.32 Å². The third-order valence-electron chi connectivity index (χ3n) is 7.28. The number of rotatable bonds is 4. The first kappa shape index (κ1) is 19.4. The molecule has 0 radical (unpaired) electrons. The second-order valence-corrected chi connectivity index (χ2v) is 9.13. The van der Waals surface area contributed by atoms with E-state index in [2.05, 4.69) is 28.5 Å². The van der Waals surface area contributed by atoms with Gasteiger partial charge in [0.25, 0.3) is 5.91 Å². The van der Waals surface area contributed by atoms with Crippen molar-refractivity contribution < 1.29 is 9.59 Å². The molecule has 0 saturated heterocycles. The van der Waals surface area contributed by atoms with Crippen molar-refractivity contribution in [3.8, 4) is 0 Å². The second-order valence-electron chi connectivity index (χ2n) is 9.13. The molecule has 0 fully saturated rings. The Balaban J connectivity index is 1.35. The Labute approximate surface area is 187 Å². The van der Waals surface area contributed by atoms with Gasteiger partial charge in [-0.2, -0.15) is 0 Å². The molecule has 2 N–H and O–H groups in total. The van der Waals surface area contributed by atoms with Crippen LogP contribution in [0, 0.1) is 0 Å². The van der Waals surface area contributed by atoms with Gasteiger partial charge in [0.15, 0.2) is 0 Å². The number of para-hydroxylation sites is 1. The first-order valence-corrected chi connectivity index (χ1v) is 11.7. The van der Waals surface area contributed by atoms with Crippen molar-refractivity contribution in [3.63, 3.8) is 0 Å². The Bertz CT molecular complexity index is 1250. The zero-order valence-electron chi connectivity index (χ0n) is 18.1. The van der Waals surface area contributed by atoms with Crippen LogP contribution in [0.3, 0.4) is 0 Å². The summed E-state index contributed by atoms with van der Waals surface area (Å²) >= 11 is 0. The molecular formula is C27H27N3O2. The fourth-order valence-corrected chi connectivity index (χ4v) is 5.73. The fraction of sp³-hybridized carbons (Fsp3) is 0.333. The summed E-state index contributed by atoms with van der Waals surface area (Å²) in [6.45, 7) is 0.627. The van der Waals surface area contributed by atoms with E-state index in [1.54, 1.807) is 4.90 Å². The van der Waals surface area contributed by atoms with Gasteiger partial charge in [-0.15, -0.1) is 0 Å². The number of allylic oxidation sites excluding steroid dienone is 1. The zero-order valence-corrected chi connectivity index (χ0v) is 18.1. The third-order valence-corrected chi connectivity index (χ3v) is 7.28. The number of carbonyl (C=O) groups is 2. The molecule has 5 heteroatoms. The molecule has 2 amide bonds. The summed E-state index contributed by atoms with van der Waals surface area (Å²) in [5, 5.41) is 4.29. The summed E-state index contributed by atoms with van der Waals surface area (Å²) in [5.74, 6) is -0.103. The highest BCUT2D eigenvalue weighted by Crippen LogP contribution is 2.46. The monoisotopic (exact) mass is 425 g/mol. The molecule has 162 valence electrons. The predicted molar refractivity (Wildman–Crippen MR) is 124 cm³/mol. The van der Waals surface area contributed by atoms with E-state index in [9.17, 15) is 9.59 Å². The number of hydrogen-bond acceptors (Lipinski definition) is 2. The minimum absolute atomic E-state index is 0.0509. The maximum absolute atomic E-state index is 13.4. The van der Waals surface area contributed by atoms with Crippen LogP contribution in [-0.2, 0) is 11.2 Å². The summed E-state index contributed by atoms with van der Waals surface area (Å²) in [4.78, 5) is 32.2. The lowest BCUT2D eigenvalue weighted by molar-refractivity contribution is -0.126. The first-order chi connectivity index (χ1) is 15.7. The second kappa shape index (κ2) is 7.66. The molecule has 1 aromatic heterocycles. The molecule has 1 aliphatic carbocycles. The highest BCUT2D eigenvalue weighted by molar-refractivity contribution is 6.03. The lowest BCUT2D eigenvalue weighted by Gasteiger charge is -2.37. The summed E-state index contributed by atoms with van der Waals surface area (Å²) in [6.07, 6.45) is 8.55. The van der Waals surface area contributed by atoms with E-state index < -0.39 is 6.04 Å². The quantitative estimate of drug-likeness (QED) is 0.598. The minimum Gasteiger partial charge on any atom is -0.356 e. The highest BCUT2D eigenvalue weighted by Gasteiger charge is 2.48. The van der Waals surface area contributed by atoms with Crippen LogP contribution in [0.1, 0.15) is 65.3 Å². The van der Waals surface area contributed by atoms with Gasteiger partial charge in [0.1, 0.15) is 6.04 Å². The maximum atomic E-state index is 13.4. The van der Waals surface area contributed by atoms with Crippen LogP contribution in [-0.4, -0.2) is 34.3 Å². The van der Waals surface area contributed by atoms with Crippen molar-refractivity contribution in [2.24, 2.45) is 0 Å². The summed E-state index contributed by atoms with van der Waals surface area (Å²) in [7, 11) is 0. The number of H-pyrrole nitrogens is 1. The van der Waals surface area contributed by atoms with Gasteiger partial charge in [-0.25, -0.2) is 0 Å². The predicted octanol–water partition coefficient (Wildman–Crippen LogP) is 4.64. The van der Waals surface area contributed by atoms with E-state index in [0.29, 0.717) is 18.5 Å². The van der Waals surface area contributed by atoms with E-state index in [-0.39, 0.29) is 17.9 Å². The fourth-order valence-electron chi connectivity index (χ4n) is 5.73. The number of amides is 2. The molecule has 6 rings (SSSR count). The van der Waals surface area contributed by atoms with E-state index >= 15 is 0 Å². The smallest absolute Gasteiger partial charge is 0.255 e. The molecule has 3 aromatic rings. The van der Waals surface area contributed by atoms with Gasteiger partial charge in [-0.3, -0.25) is 9.59 Å². The van der Waals surface area contributed by atoms with Gasteiger partial charge >= 0.3 is 0 Å². The van der Waals surface area contributed by atoms with Gasteiger partial charge in [-0.1, -0.05) is 48.0 Å². The molecule has 0 unspecified atom stereocenters. The lowest BCUT2D eigenvalue weighted by Crippen LogP contribution is -2.52. The number of benzene rings is 2. The van der Waals surface area contributed by atoms with Crippen molar-refractivity contribution >= 4 is 22.7 Å². The van der Waals surface area contributed by atoms with Crippen LogP contribution in [0.4, 0.5) is 0 Å². The molecule has 0 saturated carbocycles. The SMILES string of the molecule is O=C(NCCC1=CCCCC1)[C@@H]1Cc2c([nH]c3ccccc23)[C@@H]2c3ccccc3C(=O)N21. The van der Waals surface area contributed by atoms with Crippen molar-refractivity contribution in [2.75, 3.05) is 6.54 Å². The average molecular weight is 426 g/mol. The highest BCUT2D eigenvalue weighted by atomic mass is 16.2. The Hall–Kier alpha value is -3.34. The van der Waals surface area contributed by atoms with Crippen LogP contribution in [0.5, 0.6) is 0 Å². The number of nitrogens with one attached hydrogen (secondary N) is 2. The Kier molecular flexibility index (Phi) is 4.63. The molecule has 2 aliphatic heterocycles.